The quantitative estimate of drug-likeness (QED) is 0.187. The molecule has 1 heterocycles. The summed E-state index contributed by atoms with van der Waals surface area (Å²) >= 11 is 0. The molecule has 3 aromatic carbocycles. The van der Waals surface area contributed by atoms with E-state index in [9.17, 15) is 0 Å². The van der Waals surface area contributed by atoms with Gasteiger partial charge in [0.2, 0.25) is 11.2 Å². The molecule has 26 heavy (non-hydrogen) atoms. The normalized spacial score (nSPS) is 10.3. The number of halogens is 1. The number of anilines is 2. The fourth-order valence-electron chi connectivity index (χ4n) is 3.49. The average molecular weight is 502 g/mol. The minimum atomic E-state index is 0. The van der Waals surface area contributed by atoms with Crippen molar-refractivity contribution in [2.24, 2.45) is 0 Å². The van der Waals surface area contributed by atoms with Crippen LogP contribution in [-0.2, 0) is 28.9 Å². The summed E-state index contributed by atoms with van der Waals surface area (Å²) in [5.41, 5.74) is 17.2. The zero-order valence-electron chi connectivity index (χ0n) is 14.3. The van der Waals surface area contributed by atoms with Gasteiger partial charge in [0.15, 0.2) is 0 Å². The number of fused-ring (bicyclic) bond motifs is 3. The van der Waals surface area contributed by atoms with Crippen LogP contribution in [0.25, 0.3) is 32.9 Å². The first-order valence-corrected chi connectivity index (χ1v) is 8.18. The number of nitrogens with zero attached hydrogens (tertiary/aromatic N) is 1. The van der Waals surface area contributed by atoms with Gasteiger partial charge in [0.05, 0.1) is 10.8 Å². The maximum Gasteiger partial charge on any atom is 1.00 e. The second kappa shape index (κ2) is 8.23. The Hall–Kier alpha value is -1.85. The zero-order valence-corrected chi connectivity index (χ0v) is 17.4. The van der Waals surface area contributed by atoms with Crippen molar-refractivity contribution >= 4 is 33.1 Å². The molecule has 0 bridgehead atoms. The summed E-state index contributed by atoms with van der Waals surface area (Å²) in [5.74, 6) is 0. The first-order chi connectivity index (χ1) is 11.7. The van der Waals surface area contributed by atoms with Gasteiger partial charge in [-0.05, 0) is 43.3 Å². The fraction of sp³-hybridized carbons (Fsp3) is 0.0952. The van der Waals surface area contributed by atoms with E-state index in [4.69, 9.17) is 11.5 Å². The molecule has 4 N–H and O–H groups in total. The Morgan fingerprint density at radius 3 is 2.04 bits per heavy atom. The number of nitrogens with two attached hydrogens (primary N) is 2. The smallest absolute Gasteiger partial charge is 1.00 e. The van der Waals surface area contributed by atoms with E-state index in [2.05, 4.69) is 60.0 Å². The average Bonchev–Trinajstić information content (AvgIpc) is 2.61. The monoisotopic (exact) mass is 500 g/mol. The number of aryl methyl sites for hydroxylation is 1. The van der Waals surface area contributed by atoms with Crippen molar-refractivity contribution in [2.45, 2.75) is 13.5 Å². The standard InChI is InChI=1S/C21H19N3.Ag.BrH/c1-2-24-20-13-16(23)9-11-18(20)17-10-8-15(22)12-19(17)21(24)14-6-4-3-5-7-14;;/h3-13,23H,2,22H2,1H3;;1H/q;+1;. The Bertz CT molecular complexity index is 1070. The number of rotatable bonds is 2. The minimum absolute atomic E-state index is 0. The van der Waals surface area contributed by atoms with E-state index in [1.165, 1.54) is 27.4 Å². The second-order valence-corrected chi connectivity index (χ2v) is 6.04. The van der Waals surface area contributed by atoms with Crippen LogP contribution in [0.1, 0.15) is 6.92 Å². The molecule has 0 fully saturated rings. The molecule has 0 aliphatic carbocycles. The maximum absolute atomic E-state index is 6.10. The predicted molar refractivity (Wildman–Crippen MR) is 102 cm³/mol. The van der Waals surface area contributed by atoms with Crippen molar-refractivity contribution in [1.29, 1.82) is 0 Å². The zero-order chi connectivity index (χ0) is 16.7. The number of aromatic nitrogens is 1. The Kier molecular flexibility index (Phi) is 6.48. The van der Waals surface area contributed by atoms with E-state index in [1.807, 2.05) is 18.2 Å². The molecule has 0 atom stereocenters. The van der Waals surface area contributed by atoms with Gasteiger partial charge in [0.1, 0.15) is 6.54 Å². The fourth-order valence-corrected chi connectivity index (χ4v) is 3.49. The first kappa shape index (κ1) is 20.5. The molecule has 0 saturated heterocycles. The molecule has 0 radical (unpaired) electrons. The van der Waals surface area contributed by atoms with Gasteiger partial charge in [-0.3, -0.25) is 0 Å². The van der Waals surface area contributed by atoms with Crippen LogP contribution in [0, 0.1) is 0 Å². The van der Waals surface area contributed by atoms with E-state index in [-0.39, 0.29) is 39.4 Å². The van der Waals surface area contributed by atoms with Crippen LogP contribution in [0.2, 0.25) is 0 Å². The maximum atomic E-state index is 6.10. The Morgan fingerprint density at radius 1 is 0.769 bits per heavy atom. The third-order valence-electron chi connectivity index (χ3n) is 4.53. The van der Waals surface area contributed by atoms with Gasteiger partial charge in [-0.1, -0.05) is 24.3 Å². The van der Waals surface area contributed by atoms with E-state index in [0.717, 1.165) is 23.4 Å². The summed E-state index contributed by atoms with van der Waals surface area (Å²) < 4.78 is 2.32. The van der Waals surface area contributed by atoms with Crippen LogP contribution >= 0.6 is 0 Å². The number of benzene rings is 3. The largest absolute Gasteiger partial charge is 1.00 e. The number of hydrogen-bond donors (Lipinski definition) is 2. The number of hydrogen-bond acceptors (Lipinski definition) is 2. The van der Waals surface area contributed by atoms with Crippen LogP contribution < -0.4 is 33.0 Å². The van der Waals surface area contributed by atoms with Crippen molar-refractivity contribution in [2.75, 3.05) is 11.5 Å². The van der Waals surface area contributed by atoms with Crippen molar-refractivity contribution in [3.8, 4) is 11.3 Å². The van der Waals surface area contributed by atoms with E-state index in [1.54, 1.807) is 0 Å². The molecule has 1 aromatic heterocycles. The summed E-state index contributed by atoms with van der Waals surface area (Å²) in [5, 5.41) is 3.56. The molecule has 4 rings (SSSR count). The topological polar surface area (TPSA) is 55.9 Å². The van der Waals surface area contributed by atoms with Gasteiger partial charge in [-0.25, -0.2) is 0 Å². The summed E-state index contributed by atoms with van der Waals surface area (Å²) in [6, 6.07) is 22.7. The molecule has 0 spiro atoms. The molecule has 3 nitrogen and oxygen atoms in total. The van der Waals surface area contributed by atoms with Gasteiger partial charge >= 0.3 is 22.4 Å². The van der Waals surface area contributed by atoms with Gasteiger partial charge in [-0.2, -0.15) is 4.57 Å². The number of nitrogen functional groups attached to an aromatic ring is 2. The molecular formula is C21H20AgBrN3+. The number of pyridine rings is 1. The molecule has 0 aliphatic heterocycles. The third-order valence-corrected chi connectivity index (χ3v) is 4.53. The van der Waals surface area contributed by atoms with E-state index >= 15 is 0 Å². The van der Waals surface area contributed by atoms with Crippen LogP contribution in [-0.4, -0.2) is 0 Å². The van der Waals surface area contributed by atoms with Crippen molar-refractivity contribution < 1.29 is 43.9 Å². The molecule has 0 saturated carbocycles. The van der Waals surface area contributed by atoms with Crippen molar-refractivity contribution in [3.63, 3.8) is 0 Å². The molecule has 4 aromatic rings. The summed E-state index contributed by atoms with van der Waals surface area (Å²) in [7, 11) is 0. The molecule has 136 valence electrons. The van der Waals surface area contributed by atoms with E-state index in [0.29, 0.717) is 0 Å². The van der Waals surface area contributed by atoms with Gasteiger partial charge in [-0.15, -0.1) is 0 Å². The molecule has 5 heteroatoms. The predicted octanol–water partition coefficient (Wildman–Crippen LogP) is 1.13. The molecule has 0 amide bonds. The Balaban J connectivity index is 0.00000121. The third kappa shape index (κ3) is 3.38. The van der Waals surface area contributed by atoms with E-state index < -0.39 is 0 Å². The van der Waals surface area contributed by atoms with Crippen molar-refractivity contribution in [1.82, 2.24) is 0 Å². The van der Waals surface area contributed by atoms with Gasteiger partial charge in [0, 0.05) is 28.4 Å². The van der Waals surface area contributed by atoms with Gasteiger partial charge in [0.25, 0.3) is 0 Å². The summed E-state index contributed by atoms with van der Waals surface area (Å²) in [6.07, 6.45) is 0. The first-order valence-electron chi connectivity index (χ1n) is 8.18. The second-order valence-electron chi connectivity index (χ2n) is 6.04. The van der Waals surface area contributed by atoms with Crippen LogP contribution in [0.5, 0.6) is 0 Å². The van der Waals surface area contributed by atoms with Crippen LogP contribution in [0.15, 0.2) is 66.7 Å². The minimum Gasteiger partial charge on any atom is -1.00 e. The molecule has 0 aliphatic rings. The summed E-state index contributed by atoms with van der Waals surface area (Å²) in [6.45, 7) is 3.02. The van der Waals surface area contributed by atoms with Crippen LogP contribution in [0.3, 0.4) is 0 Å². The summed E-state index contributed by atoms with van der Waals surface area (Å²) in [4.78, 5) is 0. The Labute approximate surface area is 179 Å². The van der Waals surface area contributed by atoms with Crippen molar-refractivity contribution in [3.05, 3.63) is 66.7 Å². The van der Waals surface area contributed by atoms with Gasteiger partial charge < -0.3 is 28.4 Å². The molecular weight excluding hydrogens is 482 g/mol. The molecule has 0 unspecified atom stereocenters. The Morgan fingerprint density at radius 2 is 1.38 bits per heavy atom. The van der Waals surface area contributed by atoms with Crippen LogP contribution in [0.4, 0.5) is 11.4 Å². The SMILES string of the molecule is CC[n+]1c(-c2ccccc2)c2cc(N)ccc2c2ccc(N)cc21.[Ag+].[Br-].